The molecule has 88 valence electrons. The molecule has 1 unspecified atom stereocenters. The zero-order valence-electron chi connectivity index (χ0n) is 9.12. The summed E-state index contributed by atoms with van der Waals surface area (Å²) in [6, 6.07) is 4.20. The Labute approximate surface area is 97.5 Å². The van der Waals surface area contributed by atoms with Crippen molar-refractivity contribution >= 4 is 16.5 Å². The van der Waals surface area contributed by atoms with Crippen LogP contribution in [0.3, 0.4) is 0 Å². The minimum atomic E-state index is -1.11. The molecular formula is C12H16FNOS. The zero-order chi connectivity index (χ0) is 11.5. The van der Waals surface area contributed by atoms with Gasteiger partial charge in [-0.1, -0.05) is 19.3 Å². The van der Waals surface area contributed by atoms with Gasteiger partial charge in [0.1, 0.15) is 5.82 Å². The van der Waals surface area contributed by atoms with Gasteiger partial charge < -0.3 is 5.73 Å². The molecule has 1 aliphatic rings. The summed E-state index contributed by atoms with van der Waals surface area (Å²) < 4.78 is 25.3. The van der Waals surface area contributed by atoms with Gasteiger partial charge in [0.15, 0.2) is 0 Å². The van der Waals surface area contributed by atoms with Crippen molar-refractivity contribution < 1.29 is 8.60 Å². The van der Waals surface area contributed by atoms with Crippen LogP contribution in [0.2, 0.25) is 0 Å². The number of hydrogen-bond acceptors (Lipinski definition) is 2. The van der Waals surface area contributed by atoms with Gasteiger partial charge in [-0.2, -0.15) is 0 Å². The summed E-state index contributed by atoms with van der Waals surface area (Å²) >= 11 is 0. The van der Waals surface area contributed by atoms with E-state index in [0.29, 0.717) is 10.6 Å². The lowest BCUT2D eigenvalue weighted by Gasteiger charge is -2.21. The predicted octanol–water partition coefficient (Wildman–Crippen LogP) is 2.85. The van der Waals surface area contributed by atoms with E-state index in [-0.39, 0.29) is 5.25 Å². The molecule has 0 aromatic heterocycles. The van der Waals surface area contributed by atoms with E-state index < -0.39 is 16.6 Å². The third kappa shape index (κ3) is 2.61. The molecule has 2 rings (SSSR count). The van der Waals surface area contributed by atoms with E-state index in [1.807, 2.05) is 0 Å². The molecule has 1 saturated carbocycles. The molecule has 2 N–H and O–H groups in total. The van der Waals surface area contributed by atoms with E-state index in [4.69, 9.17) is 5.73 Å². The molecule has 1 aromatic rings. The highest BCUT2D eigenvalue weighted by Crippen LogP contribution is 2.26. The Morgan fingerprint density at radius 2 is 1.88 bits per heavy atom. The van der Waals surface area contributed by atoms with Gasteiger partial charge in [-0.15, -0.1) is 0 Å². The summed E-state index contributed by atoms with van der Waals surface area (Å²) in [7, 11) is -1.11. The Kier molecular flexibility index (Phi) is 3.59. The number of rotatable bonds is 2. The molecule has 0 saturated heterocycles. The Morgan fingerprint density at radius 3 is 2.50 bits per heavy atom. The molecule has 2 nitrogen and oxygen atoms in total. The van der Waals surface area contributed by atoms with Gasteiger partial charge >= 0.3 is 0 Å². The van der Waals surface area contributed by atoms with Gasteiger partial charge in [-0.3, -0.25) is 4.21 Å². The lowest BCUT2D eigenvalue weighted by molar-refractivity contribution is 0.504. The summed E-state index contributed by atoms with van der Waals surface area (Å²) in [5, 5.41) is 0.176. The van der Waals surface area contributed by atoms with Gasteiger partial charge in [0.05, 0.1) is 10.8 Å². The number of hydrogen-bond donors (Lipinski definition) is 1. The molecule has 16 heavy (non-hydrogen) atoms. The second-order valence-corrected chi connectivity index (χ2v) is 6.01. The molecule has 4 heteroatoms. The summed E-state index contributed by atoms with van der Waals surface area (Å²) in [6.45, 7) is 0. The van der Waals surface area contributed by atoms with Crippen molar-refractivity contribution in [3.05, 3.63) is 24.0 Å². The average Bonchev–Trinajstić information content (AvgIpc) is 2.28. The van der Waals surface area contributed by atoms with Crippen LogP contribution in [0.1, 0.15) is 32.1 Å². The highest BCUT2D eigenvalue weighted by molar-refractivity contribution is 7.85. The summed E-state index contributed by atoms with van der Waals surface area (Å²) in [6.07, 6.45) is 5.42. The van der Waals surface area contributed by atoms with Crippen LogP contribution in [0.5, 0.6) is 0 Å². The maximum atomic E-state index is 13.1. The van der Waals surface area contributed by atoms with Crippen LogP contribution in [-0.2, 0) is 10.8 Å². The first-order chi connectivity index (χ1) is 7.66. The van der Waals surface area contributed by atoms with Crippen molar-refractivity contribution in [2.45, 2.75) is 42.2 Å². The largest absolute Gasteiger partial charge is 0.399 e. The Balaban J connectivity index is 2.19. The second kappa shape index (κ2) is 4.95. The van der Waals surface area contributed by atoms with Gasteiger partial charge in [-0.05, 0) is 31.0 Å². The molecule has 1 aromatic carbocycles. The number of benzene rings is 1. The number of nitrogen functional groups attached to an aromatic ring is 1. The van der Waals surface area contributed by atoms with Crippen LogP contribution in [0.25, 0.3) is 0 Å². The monoisotopic (exact) mass is 241 g/mol. The van der Waals surface area contributed by atoms with Crippen LogP contribution in [-0.4, -0.2) is 9.46 Å². The van der Waals surface area contributed by atoms with Gasteiger partial charge in [0.25, 0.3) is 0 Å². The summed E-state index contributed by atoms with van der Waals surface area (Å²) in [4.78, 5) is 0.532. The third-order valence-corrected chi connectivity index (χ3v) is 4.76. The number of nitrogens with two attached hydrogens (primary N) is 1. The maximum Gasteiger partial charge on any atom is 0.126 e. The van der Waals surface area contributed by atoms with E-state index in [2.05, 4.69) is 0 Å². The van der Waals surface area contributed by atoms with Crippen molar-refractivity contribution in [3.63, 3.8) is 0 Å². The average molecular weight is 241 g/mol. The fourth-order valence-corrected chi connectivity index (χ4v) is 3.80. The van der Waals surface area contributed by atoms with Crippen molar-refractivity contribution in [2.75, 3.05) is 5.73 Å². The minimum Gasteiger partial charge on any atom is -0.399 e. The molecule has 0 spiro atoms. The molecule has 0 radical (unpaired) electrons. The van der Waals surface area contributed by atoms with E-state index in [1.54, 1.807) is 6.07 Å². The molecule has 0 bridgehead atoms. The summed E-state index contributed by atoms with van der Waals surface area (Å²) in [5.41, 5.74) is 5.90. The molecule has 1 fully saturated rings. The predicted molar refractivity (Wildman–Crippen MR) is 64.1 cm³/mol. The molecule has 1 atom stereocenters. The molecule has 1 aliphatic carbocycles. The van der Waals surface area contributed by atoms with Crippen molar-refractivity contribution in [2.24, 2.45) is 0 Å². The lowest BCUT2D eigenvalue weighted by Crippen LogP contribution is -2.18. The molecular weight excluding hydrogens is 225 g/mol. The number of halogens is 1. The number of anilines is 1. The van der Waals surface area contributed by atoms with Gasteiger partial charge in [0.2, 0.25) is 0 Å². The first-order valence-corrected chi connectivity index (χ1v) is 6.85. The molecule has 0 heterocycles. The first kappa shape index (κ1) is 11.6. The zero-order valence-corrected chi connectivity index (χ0v) is 9.93. The summed E-state index contributed by atoms with van der Waals surface area (Å²) in [5.74, 6) is -0.404. The van der Waals surface area contributed by atoms with Crippen LogP contribution in [0, 0.1) is 5.82 Å². The van der Waals surface area contributed by atoms with Crippen molar-refractivity contribution in [1.29, 1.82) is 0 Å². The van der Waals surface area contributed by atoms with Gasteiger partial charge in [-0.25, -0.2) is 4.39 Å². The van der Waals surface area contributed by atoms with E-state index >= 15 is 0 Å². The highest BCUT2D eigenvalue weighted by atomic mass is 32.2. The third-order valence-electron chi connectivity index (χ3n) is 2.98. The van der Waals surface area contributed by atoms with Crippen molar-refractivity contribution in [1.82, 2.24) is 0 Å². The fraction of sp³-hybridized carbons (Fsp3) is 0.500. The van der Waals surface area contributed by atoms with Gasteiger partial charge in [0, 0.05) is 15.8 Å². The highest BCUT2D eigenvalue weighted by Gasteiger charge is 2.21. The van der Waals surface area contributed by atoms with E-state index in [9.17, 15) is 8.60 Å². The van der Waals surface area contributed by atoms with Crippen LogP contribution in [0.15, 0.2) is 23.1 Å². The standard InChI is InChI=1S/C12H16FNOS/c13-9-6-10(14)8-12(7-9)16(15)11-4-2-1-3-5-11/h6-8,11H,1-5,14H2. The van der Waals surface area contributed by atoms with E-state index in [1.165, 1.54) is 18.6 Å². The van der Waals surface area contributed by atoms with Crippen LogP contribution >= 0.6 is 0 Å². The fourth-order valence-electron chi connectivity index (χ4n) is 2.17. The van der Waals surface area contributed by atoms with Crippen LogP contribution < -0.4 is 5.73 Å². The van der Waals surface area contributed by atoms with Crippen LogP contribution in [0.4, 0.5) is 10.1 Å². The Bertz CT molecular complexity index is 382. The molecule has 0 aliphatic heterocycles. The topological polar surface area (TPSA) is 43.1 Å². The Hall–Kier alpha value is -0.900. The van der Waals surface area contributed by atoms with Crippen molar-refractivity contribution in [3.8, 4) is 0 Å². The minimum absolute atomic E-state index is 0.176. The first-order valence-electron chi connectivity index (χ1n) is 5.63. The second-order valence-electron chi connectivity index (χ2n) is 4.28. The Morgan fingerprint density at radius 1 is 1.19 bits per heavy atom. The normalized spacial score (nSPS) is 19.6. The molecule has 0 amide bonds. The quantitative estimate of drug-likeness (QED) is 0.809. The smallest absolute Gasteiger partial charge is 0.126 e. The lowest BCUT2D eigenvalue weighted by atomic mass is 10.0. The maximum absolute atomic E-state index is 13.1. The SMILES string of the molecule is Nc1cc(F)cc(S(=O)C2CCCCC2)c1. The van der Waals surface area contributed by atoms with E-state index in [0.717, 1.165) is 25.7 Å².